The number of rotatable bonds is 6. The summed E-state index contributed by atoms with van der Waals surface area (Å²) < 4.78 is 5.21. The molecule has 1 fully saturated rings. The number of hydrogen-bond acceptors (Lipinski definition) is 5. The van der Waals surface area contributed by atoms with E-state index in [-0.39, 0.29) is 36.1 Å². The summed E-state index contributed by atoms with van der Waals surface area (Å²) in [6, 6.07) is 4.05. The summed E-state index contributed by atoms with van der Waals surface area (Å²) in [4.78, 5) is 36.4. The second kappa shape index (κ2) is 7.08. The number of carbonyl (C=O) groups excluding carboxylic acids is 1. The first-order valence-corrected chi connectivity index (χ1v) is 8.17. The van der Waals surface area contributed by atoms with Gasteiger partial charge in [-0.15, -0.1) is 0 Å². The highest BCUT2D eigenvalue weighted by Crippen LogP contribution is 2.39. The van der Waals surface area contributed by atoms with E-state index in [1.54, 1.807) is 6.92 Å². The third-order valence-electron chi connectivity index (χ3n) is 4.82. The van der Waals surface area contributed by atoms with Gasteiger partial charge in [0.15, 0.2) is 5.75 Å². The van der Waals surface area contributed by atoms with Crippen LogP contribution in [-0.4, -0.2) is 46.5 Å². The van der Waals surface area contributed by atoms with Crippen LogP contribution in [0, 0.1) is 21.4 Å². The van der Waals surface area contributed by atoms with Crippen LogP contribution in [-0.2, 0) is 4.79 Å². The number of nitro benzene ring substituents is 1. The van der Waals surface area contributed by atoms with Crippen LogP contribution in [0.15, 0.2) is 18.2 Å². The smallest absolute Gasteiger partial charge is 0.311 e. The number of hydrogen-bond donors (Lipinski definition) is 1. The monoisotopic (exact) mass is 350 g/mol. The zero-order chi connectivity index (χ0) is 18.8. The maximum absolute atomic E-state index is 12.7. The van der Waals surface area contributed by atoms with Gasteiger partial charge in [-0.25, -0.2) is 0 Å². The maximum Gasteiger partial charge on any atom is 0.311 e. The van der Waals surface area contributed by atoms with Crippen LogP contribution in [0.5, 0.6) is 5.75 Å². The van der Waals surface area contributed by atoms with Crippen molar-refractivity contribution in [1.82, 2.24) is 4.90 Å². The average Bonchev–Trinajstić information content (AvgIpc) is 3.01. The molecule has 1 heterocycles. The van der Waals surface area contributed by atoms with Gasteiger partial charge in [-0.1, -0.05) is 13.8 Å². The zero-order valence-electron chi connectivity index (χ0n) is 14.5. The average molecular weight is 350 g/mol. The lowest BCUT2D eigenvalue weighted by atomic mass is 9.76. The summed E-state index contributed by atoms with van der Waals surface area (Å²) >= 11 is 0. The van der Waals surface area contributed by atoms with E-state index >= 15 is 0 Å². The van der Waals surface area contributed by atoms with Crippen LogP contribution in [0.2, 0.25) is 0 Å². The van der Waals surface area contributed by atoms with Crippen LogP contribution in [0.1, 0.15) is 37.6 Å². The molecule has 136 valence electrons. The molecule has 0 bridgehead atoms. The molecule has 0 aliphatic carbocycles. The molecule has 8 nitrogen and oxygen atoms in total. The van der Waals surface area contributed by atoms with E-state index in [1.807, 2.05) is 13.8 Å². The van der Waals surface area contributed by atoms with Gasteiger partial charge in [0.2, 0.25) is 0 Å². The van der Waals surface area contributed by atoms with Crippen molar-refractivity contribution in [3.63, 3.8) is 0 Å². The molecule has 1 aliphatic rings. The van der Waals surface area contributed by atoms with Crippen LogP contribution in [0.25, 0.3) is 0 Å². The Bertz CT molecular complexity index is 702. The van der Waals surface area contributed by atoms with Crippen LogP contribution < -0.4 is 4.74 Å². The molecular formula is C17H22N2O6. The molecule has 0 radical (unpaired) electrons. The first kappa shape index (κ1) is 18.7. The normalized spacial score (nSPS) is 19.9. The number of aliphatic carboxylic acids is 1. The topological polar surface area (TPSA) is 110 Å². The van der Waals surface area contributed by atoms with E-state index in [0.29, 0.717) is 13.0 Å². The number of nitro groups is 1. The Morgan fingerprint density at radius 2 is 2.12 bits per heavy atom. The van der Waals surface area contributed by atoms with Crippen molar-refractivity contribution in [2.45, 2.75) is 27.2 Å². The summed E-state index contributed by atoms with van der Waals surface area (Å²) in [5.74, 6) is -1.35. The third kappa shape index (κ3) is 3.42. The Balaban J connectivity index is 2.28. The molecule has 1 saturated heterocycles. The largest absolute Gasteiger partial charge is 0.487 e. The number of amides is 1. The quantitative estimate of drug-likeness (QED) is 0.623. The first-order chi connectivity index (χ1) is 11.7. The fraction of sp³-hybridized carbons (Fsp3) is 0.529. The zero-order valence-corrected chi connectivity index (χ0v) is 14.5. The Labute approximate surface area is 145 Å². The van der Waals surface area contributed by atoms with Crippen molar-refractivity contribution >= 4 is 17.6 Å². The second-order valence-corrected chi connectivity index (χ2v) is 6.47. The molecule has 1 aromatic carbocycles. The summed E-state index contributed by atoms with van der Waals surface area (Å²) in [6.07, 6.45) is 0.366. The Morgan fingerprint density at radius 1 is 1.44 bits per heavy atom. The SMILES string of the molecule is CCOc1ccc(C(=O)N2CCC(C(=O)O)(C(C)C)C2)cc1[N+](=O)[O-]. The molecule has 8 heteroatoms. The minimum absolute atomic E-state index is 0.0971. The molecule has 1 amide bonds. The standard InChI is InChI=1S/C17H22N2O6/c1-4-25-14-6-5-12(9-13(14)19(23)24)15(20)18-8-7-17(10-18,11(2)3)16(21)22/h5-6,9,11H,4,7-8,10H2,1-3H3,(H,21,22). The number of benzene rings is 1. The molecular weight excluding hydrogens is 328 g/mol. The van der Waals surface area contributed by atoms with Gasteiger partial charge in [0.1, 0.15) is 0 Å². The van der Waals surface area contributed by atoms with E-state index in [2.05, 4.69) is 0 Å². The molecule has 1 N–H and O–H groups in total. The first-order valence-electron chi connectivity index (χ1n) is 8.17. The van der Waals surface area contributed by atoms with E-state index in [9.17, 15) is 24.8 Å². The van der Waals surface area contributed by atoms with Crippen molar-refractivity contribution in [3.8, 4) is 5.75 Å². The van der Waals surface area contributed by atoms with E-state index in [1.165, 1.54) is 23.1 Å². The molecule has 1 unspecified atom stereocenters. The van der Waals surface area contributed by atoms with Gasteiger partial charge in [-0.05, 0) is 31.4 Å². The predicted octanol–water partition coefficient (Wildman–Crippen LogP) is 2.57. The third-order valence-corrected chi connectivity index (χ3v) is 4.82. The number of likely N-dealkylation sites (tertiary alicyclic amines) is 1. The van der Waals surface area contributed by atoms with Crippen molar-refractivity contribution in [2.24, 2.45) is 11.3 Å². The van der Waals surface area contributed by atoms with Crippen molar-refractivity contribution in [2.75, 3.05) is 19.7 Å². The van der Waals surface area contributed by atoms with Gasteiger partial charge in [-0.2, -0.15) is 0 Å². The minimum Gasteiger partial charge on any atom is -0.487 e. The number of carbonyl (C=O) groups is 2. The lowest BCUT2D eigenvalue weighted by Crippen LogP contribution is -2.40. The number of carboxylic acids is 1. The molecule has 0 spiro atoms. The van der Waals surface area contributed by atoms with E-state index in [0.717, 1.165) is 0 Å². The Morgan fingerprint density at radius 3 is 2.60 bits per heavy atom. The summed E-state index contributed by atoms with van der Waals surface area (Å²) in [7, 11) is 0. The van der Waals surface area contributed by atoms with E-state index < -0.39 is 22.2 Å². The number of ether oxygens (including phenoxy) is 1. The molecule has 0 aromatic heterocycles. The highest BCUT2D eigenvalue weighted by molar-refractivity contribution is 5.96. The van der Waals surface area contributed by atoms with Crippen molar-refractivity contribution in [1.29, 1.82) is 0 Å². The Kier molecular flexibility index (Phi) is 5.30. The highest BCUT2D eigenvalue weighted by Gasteiger charge is 2.48. The summed E-state index contributed by atoms with van der Waals surface area (Å²) in [5.41, 5.74) is -1.10. The Hall–Kier alpha value is -2.64. The molecule has 25 heavy (non-hydrogen) atoms. The fourth-order valence-electron chi connectivity index (χ4n) is 3.15. The highest BCUT2D eigenvalue weighted by atomic mass is 16.6. The fourth-order valence-corrected chi connectivity index (χ4v) is 3.15. The van der Waals surface area contributed by atoms with Gasteiger partial charge in [-0.3, -0.25) is 19.7 Å². The van der Waals surface area contributed by atoms with Gasteiger partial charge in [0, 0.05) is 24.7 Å². The second-order valence-electron chi connectivity index (χ2n) is 6.47. The van der Waals surface area contributed by atoms with Crippen LogP contribution in [0.3, 0.4) is 0 Å². The lowest BCUT2D eigenvalue weighted by Gasteiger charge is -2.28. The van der Waals surface area contributed by atoms with E-state index in [4.69, 9.17) is 4.74 Å². The lowest BCUT2D eigenvalue weighted by molar-refractivity contribution is -0.385. The van der Waals surface area contributed by atoms with Gasteiger partial charge in [0.25, 0.3) is 5.91 Å². The number of carboxylic acid groups (broad SMARTS) is 1. The van der Waals surface area contributed by atoms with Crippen LogP contribution in [0.4, 0.5) is 5.69 Å². The molecule has 0 saturated carbocycles. The van der Waals surface area contributed by atoms with Gasteiger partial charge >= 0.3 is 11.7 Å². The predicted molar refractivity (Wildman–Crippen MR) is 89.7 cm³/mol. The number of nitrogens with zero attached hydrogens (tertiary/aromatic N) is 2. The maximum atomic E-state index is 12.7. The van der Waals surface area contributed by atoms with Gasteiger partial charge < -0.3 is 14.7 Å². The van der Waals surface area contributed by atoms with Crippen molar-refractivity contribution < 1.29 is 24.4 Å². The molecule has 1 atom stereocenters. The minimum atomic E-state index is -0.979. The summed E-state index contributed by atoms with van der Waals surface area (Å²) in [6.45, 7) is 6.04. The summed E-state index contributed by atoms with van der Waals surface area (Å²) in [5, 5.41) is 20.8. The molecule has 1 aromatic rings. The molecule has 1 aliphatic heterocycles. The molecule has 2 rings (SSSR count). The van der Waals surface area contributed by atoms with Gasteiger partial charge in [0.05, 0.1) is 16.9 Å². The van der Waals surface area contributed by atoms with Crippen molar-refractivity contribution in [3.05, 3.63) is 33.9 Å². The van der Waals surface area contributed by atoms with Crippen LogP contribution >= 0.6 is 0 Å².